The van der Waals surface area contributed by atoms with Gasteiger partial charge in [0.2, 0.25) is 0 Å². The standard InChI is InChI=1S/C21H22N2O5/c1-21(2,3)16-8-10-17(11-9-16)22-19(24)14-28-20(25)12-7-15-5-4-6-18(13-15)23(26)27/h4-13H,14H2,1-3H3,(H,22,24)/b12-7+. The highest BCUT2D eigenvalue weighted by atomic mass is 16.6. The fourth-order valence-electron chi connectivity index (χ4n) is 2.34. The Bertz CT molecular complexity index is 896. The molecule has 0 bridgehead atoms. The summed E-state index contributed by atoms with van der Waals surface area (Å²) in [4.78, 5) is 33.8. The highest BCUT2D eigenvalue weighted by molar-refractivity contribution is 5.94. The minimum absolute atomic E-state index is 0.0174. The average molecular weight is 382 g/mol. The summed E-state index contributed by atoms with van der Waals surface area (Å²) in [6.07, 6.45) is 2.50. The van der Waals surface area contributed by atoms with Crippen molar-refractivity contribution in [1.82, 2.24) is 0 Å². The smallest absolute Gasteiger partial charge is 0.331 e. The molecule has 1 amide bonds. The summed E-state index contributed by atoms with van der Waals surface area (Å²) in [7, 11) is 0. The van der Waals surface area contributed by atoms with Gasteiger partial charge in [-0.15, -0.1) is 0 Å². The summed E-state index contributed by atoms with van der Waals surface area (Å²) in [5.74, 6) is -1.18. The second kappa shape index (κ2) is 8.94. The molecule has 2 aromatic rings. The van der Waals surface area contributed by atoms with Crippen LogP contribution in [-0.4, -0.2) is 23.4 Å². The van der Waals surface area contributed by atoms with E-state index in [2.05, 4.69) is 26.1 Å². The van der Waals surface area contributed by atoms with Crippen molar-refractivity contribution in [2.45, 2.75) is 26.2 Å². The molecule has 0 aliphatic carbocycles. The molecule has 0 unspecified atom stereocenters. The zero-order chi connectivity index (χ0) is 20.7. The van der Waals surface area contributed by atoms with E-state index in [1.54, 1.807) is 18.2 Å². The van der Waals surface area contributed by atoms with Gasteiger partial charge in [0, 0.05) is 23.9 Å². The Kier molecular flexibility index (Phi) is 6.65. The molecule has 1 N–H and O–H groups in total. The monoisotopic (exact) mass is 382 g/mol. The Morgan fingerprint density at radius 1 is 1.14 bits per heavy atom. The topological polar surface area (TPSA) is 98.5 Å². The molecular weight excluding hydrogens is 360 g/mol. The van der Waals surface area contributed by atoms with Crippen LogP contribution in [0.1, 0.15) is 31.9 Å². The number of ether oxygens (including phenoxy) is 1. The molecule has 0 heterocycles. The molecule has 2 aromatic carbocycles. The number of benzene rings is 2. The van der Waals surface area contributed by atoms with Gasteiger partial charge in [0.15, 0.2) is 6.61 Å². The van der Waals surface area contributed by atoms with Crippen molar-refractivity contribution in [2.75, 3.05) is 11.9 Å². The lowest BCUT2D eigenvalue weighted by Crippen LogP contribution is -2.20. The van der Waals surface area contributed by atoms with Gasteiger partial charge in [-0.2, -0.15) is 0 Å². The molecule has 0 aliphatic heterocycles. The molecule has 0 atom stereocenters. The van der Waals surface area contributed by atoms with Crippen molar-refractivity contribution in [3.8, 4) is 0 Å². The lowest BCUT2D eigenvalue weighted by molar-refractivity contribution is -0.384. The first kappa shape index (κ1) is 20.8. The van der Waals surface area contributed by atoms with E-state index < -0.39 is 23.4 Å². The zero-order valence-corrected chi connectivity index (χ0v) is 16.0. The van der Waals surface area contributed by atoms with E-state index >= 15 is 0 Å². The van der Waals surface area contributed by atoms with Crippen molar-refractivity contribution in [3.63, 3.8) is 0 Å². The molecule has 7 heteroatoms. The third-order valence-electron chi connectivity index (χ3n) is 3.87. The second-order valence-electron chi connectivity index (χ2n) is 7.17. The fraction of sp³-hybridized carbons (Fsp3) is 0.238. The molecule has 0 radical (unpaired) electrons. The molecule has 146 valence electrons. The van der Waals surface area contributed by atoms with Gasteiger partial charge in [-0.1, -0.05) is 45.0 Å². The fourth-order valence-corrected chi connectivity index (χ4v) is 2.34. The summed E-state index contributed by atoms with van der Waals surface area (Å²) in [6.45, 7) is 5.86. The third-order valence-corrected chi connectivity index (χ3v) is 3.87. The molecule has 0 saturated carbocycles. The first-order valence-corrected chi connectivity index (χ1v) is 8.65. The number of hydrogen-bond donors (Lipinski definition) is 1. The van der Waals surface area contributed by atoms with E-state index in [1.807, 2.05) is 12.1 Å². The van der Waals surface area contributed by atoms with E-state index in [4.69, 9.17) is 4.74 Å². The zero-order valence-electron chi connectivity index (χ0n) is 16.0. The molecule has 0 fully saturated rings. The van der Waals surface area contributed by atoms with Gasteiger partial charge in [-0.25, -0.2) is 4.79 Å². The number of nitro benzene ring substituents is 1. The number of esters is 1. The van der Waals surface area contributed by atoms with Crippen LogP contribution in [0, 0.1) is 10.1 Å². The second-order valence-corrected chi connectivity index (χ2v) is 7.17. The average Bonchev–Trinajstić information content (AvgIpc) is 2.64. The van der Waals surface area contributed by atoms with Crippen LogP contribution in [-0.2, 0) is 19.7 Å². The molecule has 0 aliphatic rings. The summed E-state index contributed by atoms with van der Waals surface area (Å²) in [6, 6.07) is 13.3. The van der Waals surface area contributed by atoms with Crippen LogP contribution < -0.4 is 5.32 Å². The summed E-state index contributed by atoms with van der Waals surface area (Å²) < 4.78 is 4.88. The minimum Gasteiger partial charge on any atom is -0.452 e. The van der Waals surface area contributed by atoms with Crippen molar-refractivity contribution >= 4 is 29.3 Å². The van der Waals surface area contributed by atoms with Crippen LogP contribution in [0.5, 0.6) is 0 Å². The minimum atomic E-state index is -0.718. The SMILES string of the molecule is CC(C)(C)c1ccc(NC(=O)COC(=O)/C=C/c2cccc([N+](=O)[O-])c2)cc1. The van der Waals surface area contributed by atoms with Crippen LogP contribution >= 0.6 is 0 Å². The third kappa shape index (κ3) is 6.35. The van der Waals surface area contributed by atoms with Crippen molar-refractivity contribution < 1.29 is 19.2 Å². The predicted octanol–water partition coefficient (Wildman–Crippen LogP) is 4.09. The van der Waals surface area contributed by atoms with Crippen molar-refractivity contribution in [3.05, 3.63) is 75.8 Å². The largest absolute Gasteiger partial charge is 0.452 e. The quantitative estimate of drug-likeness (QED) is 0.351. The number of carbonyl (C=O) groups excluding carboxylic acids is 2. The van der Waals surface area contributed by atoms with E-state index in [0.717, 1.165) is 11.6 Å². The first-order valence-electron chi connectivity index (χ1n) is 8.65. The summed E-state index contributed by atoms with van der Waals surface area (Å²) in [5.41, 5.74) is 2.18. The highest BCUT2D eigenvalue weighted by Crippen LogP contribution is 2.23. The van der Waals surface area contributed by atoms with E-state index in [-0.39, 0.29) is 11.1 Å². The van der Waals surface area contributed by atoms with Gasteiger partial charge in [-0.05, 0) is 34.8 Å². The van der Waals surface area contributed by atoms with Crippen molar-refractivity contribution in [1.29, 1.82) is 0 Å². The molecule has 28 heavy (non-hydrogen) atoms. The molecular formula is C21H22N2O5. The lowest BCUT2D eigenvalue weighted by Gasteiger charge is -2.19. The van der Waals surface area contributed by atoms with Crippen molar-refractivity contribution in [2.24, 2.45) is 0 Å². The van der Waals surface area contributed by atoms with Crippen LogP contribution in [0.2, 0.25) is 0 Å². The maximum absolute atomic E-state index is 11.9. The molecule has 0 aromatic heterocycles. The molecule has 7 nitrogen and oxygen atoms in total. The number of nitrogens with zero attached hydrogens (tertiary/aromatic N) is 1. The Labute approximate surface area is 163 Å². The highest BCUT2D eigenvalue weighted by Gasteiger charge is 2.13. The van der Waals surface area contributed by atoms with E-state index in [9.17, 15) is 19.7 Å². The van der Waals surface area contributed by atoms with Crippen LogP contribution in [0.3, 0.4) is 0 Å². The number of nitro groups is 1. The Hall–Kier alpha value is -3.48. The van der Waals surface area contributed by atoms with Gasteiger partial charge >= 0.3 is 5.97 Å². The molecule has 0 saturated heterocycles. The predicted molar refractivity (Wildman–Crippen MR) is 107 cm³/mol. The number of nitrogens with one attached hydrogen (secondary N) is 1. The number of carbonyl (C=O) groups is 2. The van der Waals surface area contributed by atoms with E-state index in [0.29, 0.717) is 11.3 Å². The van der Waals surface area contributed by atoms with Gasteiger partial charge in [-0.3, -0.25) is 14.9 Å². The number of hydrogen-bond acceptors (Lipinski definition) is 5. The maximum atomic E-state index is 11.9. The lowest BCUT2D eigenvalue weighted by atomic mass is 9.87. The van der Waals surface area contributed by atoms with Crippen LogP contribution in [0.25, 0.3) is 6.08 Å². The van der Waals surface area contributed by atoms with Gasteiger partial charge in [0.25, 0.3) is 11.6 Å². The molecule has 0 spiro atoms. The first-order chi connectivity index (χ1) is 13.1. The molecule has 2 rings (SSSR count). The van der Waals surface area contributed by atoms with Gasteiger partial charge in [0.05, 0.1) is 4.92 Å². The van der Waals surface area contributed by atoms with Crippen LogP contribution in [0.4, 0.5) is 11.4 Å². The van der Waals surface area contributed by atoms with Gasteiger partial charge < -0.3 is 10.1 Å². The van der Waals surface area contributed by atoms with Crippen LogP contribution in [0.15, 0.2) is 54.6 Å². The van der Waals surface area contributed by atoms with E-state index in [1.165, 1.54) is 24.3 Å². The Balaban J connectivity index is 1.84. The van der Waals surface area contributed by atoms with Gasteiger partial charge in [0.1, 0.15) is 0 Å². The number of non-ortho nitro benzene ring substituents is 1. The summed E-state index contributed by atoms with van der Waals surface area (Å²) >= 11 is 0. The Morgan fingerprint density at radius 3 is 2.43 bits per heavy atom. The summed E-state index contributed by atoms with van der Waals surface area (Å²) in [5, 5.41) is 13.4. The number of anilines is 1. The maximum Gasteiger partial charge on any atom is 0.331 e. The number of amides is 1. The number of rotatable bonds is 6. The normalized spacial score (nSPS) is 11.2. The Morgan fingerprint density at radius 2 is 1.82 bits per heavy atom.